The van der Waals surface area contributed by atoms with Crippen LogP contribution in [-0.2, 0) is 22.4 Å². The normalized spacial score (nSPS) is 15.0. The Morgan fingerprint density at radius 3 is 2.37 bits per heavy atom. The van der Waals surface area contributed by atoms with Crippen LogP contribution >= 0.6 is 58.4 Å². The molecule has 0 spiro atoms. The molecule has 1 aromatic heterocycles. The number of esters is 1. The van der Waals surface area contributed by atoms with E-state index in [0.717, 1.165) is 36.1 Å². The molecule has 0 radical (unpaired) electrons. The molecule has 1 aromatic rings. The van der Waals surface area contributed by atoms with Gasteiger partial charge in [-0.15, -0.1) is 11.3 Å². The van der Waals surface area contributed by atoms with Gasteiger partial charge in [0.05, 0.1) is 12.2 Å². The zero-order chi connectivity index (χ0) is 22.7. The van der Waals surface area contributed by atoms with E-state index >= 15 is 0 Å². The summed E-state index contributed by atoms with van der Waals surface area (Å²) in [6.45, 7) is 7.28. The lowest BCUT2D eigenvalue weighted by molar-refractivity contribution is -0.129. The van der Waals surface area contributed by atoms with Gasteiger partial charge in [-0.2, -0.15) is 0 Å². The highest BCUT2D eigenvalue weighted by Gasteiger charge is 2.37. The van der Waals surface area contributed by atoms with Crippen molar-refractivity contribution in [1.29, 1.82) is 0 Å². The molecular weight excluding hydrogens is 489 g/mol. The van der Waals surface area contributed by atoms with Crippen LogP contribution in [0.5, 0.6) is 0 Å². The van der Waals surface area contributed by atoms with Gasteiger partial charge in [0.2, 0.25) is 9.70 Å². The number of alkyl halides is 3. The van der Waals surface area contributed by atoms with Gasteiger partial charge in [-0.3, -0.25) is 4.79 Å². The van der Waals surface area contributed by atoms with E-state index < -0.39 is 15.4 Å². The number of thiophene rings is 1. The lowest BCUT2D eigenvalue weighted by atomic mass is 9.95. The maximum Gasteiger partial charge on any atom is 0.341 e. The number of hydrogen-bond acceptors (Lipinski definition) is 5. The van der Waals surface area contributed by atoms with Gasteiger partial charge in [-0.1, -0.05) is 55.6 Å². The summed E-state index contributed by atoms with van der Waals surface area (Å²) < 4.78 is 3.39. The van der Waals surface area contributed by atoms with Gasteiger partial charge in [0.1, 0.15) is 11.2 Å². The molecule has 0 aliphatic heterocycles. The maximum atomic E-state index is 12.6. The minimum atomic E-state index is -1.86. The Balaban J connectivity index is 2.22. The second kappa shape index (κ2) is 10.2. The lowest BCUT2D eigenvalue weighted by Crippen LogP contribution is -2.58. The van der Waals surface area contributed by atoms with Crippen molar-refractivity contribution < 1.29 is 14.3 Å². The molecule has 3 N–H and O–H groups in total. The van der Waals surface area contributed by atoms with Gasteiger partial charge in [0, 0.05) is 10.3 Å². The minimum Gasteiger partial charge on any atom is -0.462 e. The summed E-state index contributed by atoms with van der Waals surface area (Å²) in [7, 11) is 0. The molecule has 1 amide bonds. The van der Waals surface area contributed by atoms with Crippen LogP contribution in [0.3, 0.4) is 0 Å². The summed E-state index contributed by atoms with van der Waals surface area (Å²) in [5, 5.41) is 9.23. The molecule has 30 heavy (non-hydrogen) atoms. The Hall–Kier alpha value is -0.800. The number of ether oxygens (including phenoxy) is 1. The number of aryl methyl sites for hydroxylation is 1. The predicted molar refractivity (Wildman–Crippen MR) is 128 cm³/mol. The lowest BCUT2D eigenvalue weighted by Gasteiger charge is -2.30. The highest BCUT2D eigenvalue weighted by molar-refractivity contribution is 7.80. The molecule has 0 unspecified atom stereocenters. The van der Waals surface area contributed by atoms with Crippen LogP contribution in [-0.4, -0.2) is 33.6 Å². The molecule has 0 bridgehead atoms. The van der Waals surface area contributed by atoms with Crippen LogP contribution in [0.1, 0.15) is 61.3 Å². The molecule has 1 aliphatic carbocycles. The first-order valence-corrected chi connectivity index (χ1v) is 12.0. The molecule has 1 aliphatic rings. The fourth-order valence-electron chi connectivity index (χ4n) is 2.89. The average Bonchev–Trinajstić information content (AvgIpc) is 2.97. The monoisotopic (exact) mass is 513 g/mol. The number of nitrogens with one attached hydrogen (secondary N) is 3. The first-order valence-electron chi connectivity index (χ1n) is 9.61. The van der Waals surface area contributed by atoms with Crippen LogP contribution in [0.25, 0.3) is 0 Å². The fraction of sp³-hybridized carbons (Fsp3) is 0.632. The maximum absolute atomic E-state index is 12.6. The van der Waals surface area contributed by atoms with Crippen LogP contribution in [0.4, 0.5) is 5.00 Å². The molecule has 0 aromatic carbocycles. The largest absolute Gasteiger partial charge is 0.462 e. The van der Waals surface area contributed by atoms with Crippen molar-refractivity contribution in [2.75, 3.05) is 11.9 Å². The van der Waals surface area contributed by atoms with Crippen LogP contribution in [0.2, 0.25) is 0 Å². The van der Waals surface area contributed by atoms with Crippen molar-refractivity contribution in [3.8, 4) is 0 Å². The second-order valence-corrected chi connectivity index (χ2v) is 11.8. The molecule has 0 saturated carbocycles. The summed E-state index contributed by atoms with van der Waals surface area (Å²) >= 11 is 25.0. The third-order valence-electron chi connectivity index (χ3n) is 4.44. The smallest absolute Gasteiger partial charge is 0.341 e. The number of carbonyl (C=O) groups excluding carboxylic acids is 2. The predicted octanol–water partition coefficient (Wildman–Crippen LogP) is 4.95. The molecule has 0 fully saturated rings. The molecule has 0 saturated heterocycles. The molecule has 1 atom stereocenters. The highest BCUT2D eigenvalue weighted by atomic mass is 35.6. The molecule has 1 heterocycles. The standard InChI is InChI=1S/C19H26Cl3N3O3S2/c1-5-28-14(26)12-10-8-6-7-9-11(10)30-13(12)23-17(29)25-15(19(20,21)22)24-16(27)18(2,3)4/h15H,5-9H2,1-4H3,(H,24,27)(H2,23,25,29)/t15-/m0/s1. The average molecular weight is 515 g/mol. The van der Waals surface area contributed by atoms with E-state index in [4.69, 9.17) is 51.8 Å². The third kappa shape index (κ3) is 6.60. The Labute approximate surface area is 201 Å². The first-order chi connectivity index (χ1) is 13.8. The SMILES string of the molecule is CCOC(=O)c1c(NC(=S)N[C@H](NC(=O)C(C)(C)C)C(Cl)(Cl)Cl)sc2c1CCCC2. The van der Waals surface area contributed by atoms with E-state index in [-0.39, 0.29) is 23.6 Å². The number of thiocarbonyl (C=S) groups is 1. The summed E-state index contributed by atoms with van der Waals surface area (Å²) in [4.78, 5) is 26.1. The topological polar surface area (TPSA) is 79.5 Å². The van der Waals surface area contributed by atoms with Gasteiger partial charge in [0.15, 0.2) is 5.11 Å². The van der Waals surface area contributed by atoms with E-state index in [9.17, 15) is 9.59 Å². The minimum absolute atomic E-state index is 0.115. The van der Waals surface area contributed by atoms with E-state index in [0.29, 0.717) is 10.6 Å². The van der Waals surface area contributed by atoms with Gasteiger partial charge in [-0.05, 0) is 50.4 Å². The molecule has 2 rings (SSSR count). The second-order valence-electron chi connectivity index (χ2n) is 7.93. The molecule has 168 valence electrons. The van der Waals surface area contributed by atoms with Gasteiger partial charge in [-0.25, -0.2) is 4.79 Å². The number of rotatable bonds is 5. The third-order valence-corrected chi connectivity index (χ3v) is 6.52. The summed E-state index contributed by atoms with van der Waals surface area (Å²) in [5.74, 6) is -0.700. The van der Waals surface area contributed by atoms with E-state index in [1.807, 2.05) is 0 Å². The Morgan fingerprint density at radius 2 is 1.80 bits per heavy atom. The Kier molecular flexibility index (Phi) is 8.67. The molecule has 6 nitrogen and oxygen atoms in total. The van der Waals surface area contributed by atoms with E-state index in [2.05, 4.69) is 16.0 Å². The number of hydrogen-bond donors (Lipinski definition) is 3. The zero-order valence-electron chi connectivity index (χ0n) is 17.3. The van der Waals surface area contributed by atoms with Crippen LogP contribution < -0.4 is 16.0 Å². The highest BCUT2D eigenvalue weighted by Crippen LogP contribution is 2.38. The number of anilines is 1. The van der Waals surface area contributed by atoms with E-state index in [1.54, 1.807) is 27.7 Å². The number of halogens is 3. The van der Waals surface area contributed by atoms with Crippen molar-refractivity contribution in [2.24, 2.45) is 5.41 Å². The summed E-state index contributed by atoms with van der Waals surface area (Å²) in [6.07, 6.45) is 2.75. The quantitative estimate of drug-likeness (QED) is 0.223. The van der Waals surface area contributed by atoms with Gasteiger partial charge in [0.25, 0.3) is 0 Å². The molecular formula is C19H26Cl3N3O3S2. The van der Waals surface area contributed by atoms with E-state index in [1.165, 1.54) is 11.3 Å². The Bertz CT molecular complexity index is 816. The number of carbonyl (C=O) groups is 2. The van der Waals surface area contributed by atoms with Crippen molar-refractivity contribution in [3.05, 3.63) is 16.0 Å². The van der Waals surface area contributed by atoms with Crippen molar-refractivity contribution in [1.82, 2.24) is 10.6 Å². The van der Waals surface area contributed by atoms with Gasteiger partial charge >= 0.3 is 5.97 Å². The van der Waals surface area contributed by atoms with Crippen molar-refractivity contribution in [2.45, 2.75) is 63.3 Å². The fourth-order valence-corrected chi connectivity index (χ4v) is 4.78. The van der Waals surface area contributed by atoms with Crippen LogP contribution in [0, 0.1) is 5.41 Å². The number of amides is 1. The van der Waals surface area contributed by atoms with Crippen molar-refractivity contribution in [3.63, 3.8) is 0 Å². The van der Waals surface area contributed by atoms with Crippen LogP contribution in [0.15, 0.2) is 0 Å². The number of fused-ring (bicyclic) bond motifs is 1. The zero-order valence-corrected chi connectivity index (χ0v) is 21.2. The van der Waals surface area contributed by atoms with Crippen molar-refractivity contribution >= 4 is 80.3 Å². The van der Waals surface area contributed by atoms with Gasteiger partial charge < -0.3 is 20.7 Å². The Morgan fingerprint density at radius 1 is 1.17 bits per heavy atom. The molecule has 11 heteroatoms. The first kappa shape index (κ1) is 25.5. The summed E-state index contributed by atoms with van der Waals surface area (Å²) in [6, 6.07) is 0. The summed E-state index contributed by atoms with van der Waals surface area (Å²) in [5.41, 5.74) is 0.827.